The van der Waals surface area contributed by atoms with Gasteiger partial charge in [0.15, 0.2) is 11.6 Å². The van der Waals surface area contributed by atoms with Gasteiger partial charge in [-0.2, -0.15) is 0 Å². The molecule has 2 rings (SSSR count). The van der Waals surface area contributed by atoms with Gasteiger partial charge in [-0.05, 0) is 18.6 Å². The maximum absolute atomic E-state index is 5.43. The highest BCUT2D eigenvalue weighted by Crippen LogP contribution is 2.34. The molecular weight excluding hydrogens is 268 g/mol. The number of ether oxygens (including phenoxy) is 2. The van der Waals surface area contributed by atoms with Gasteiger partial charge in [0.25, 0.3) is 0 Å². The molecule has 0 saturated heterocycles. The Morgan fingerprint density at radius 3 is 2.52 bits per heavy atom. The molecular formula is C15H20N4O2. The minimum Gasteiger partial charge on any atom is -0.495 e. The summed E-state index contributed by atoms with van der Waals surface area (Å²) in [5.74, 6) is 2.58. The third-order valence-corrected chi connectivity index (χ3v) is 2.91. The van der Waals surface area contributed by atoms with Crippen LogP contribution in [0, 0.1) is 0 Å². The van der Waals surface area contributed by atoms with Crippen LogP contribution in [0.2, 0.25) is 0 Å². The molecule has 0 bridgehead atoms. The molecule has 1 heterocycles. The molecule has 0 amide bonds. The zero-order valence-electron chi connectivity index (χ0n) is 12.5. The molecule has 0 spiro atoms. The van der Waals surface area contributed by atoms with E-state index in [-0.39, 0.29) is 0 Å². The van der Waals surface area contributed by atoms with Crippen LogP contribution < -0.4 is 20.1 Å². The van der Waals surface area contributed by atoms with E-state index in [1.54, 1.807) is 14.2 Å². The Hall–Kier alpha value is -2.50. The van der Waals surface area contributed by atoms with E-state index < -0.39 is 0 Å². The average molecular weight is 288 g/mol. The van der Waals surface area contributed by atoms with Gasteiger partial charge in [0.2, 0.25) is 5.75 Å². The van der Waals surface area contributed by atoms with Crippen molar-refractivity contribution in [1.29, 1.82) is 0 Å². The highest BCUT2D eigenvalue weighted by Gasteiger charge is 2.13. The van der Waals surface area contributed by atoms with Crippen LogP contribution >= 0.6 is 0 Å². The maximum atomic E-state index is 5.43. The smallest absolute Gasteiger partial charge is 0.204 e. The lowest BCUT2D eigenvalue weighted by atomic mass is 10.3. The number of nitrogens with zero attached hydrogens (tertiary/aromatic N) is 2. The van der Waals surface area contributed by atoms with Crippen molar-refractivity contribution >= 4 is 17.3 Å². The summed E-state index contributed by atoms with van der Waals surface area (Å²) in [5, 5.41) is 6.44. The zero-order valence-corrected chi connectivity index (χ0v) is 12.5. The van der Waals surface area contributed by atoms with Gasteiger partial charge < -0.3 is 20.1 Å². The number of rotatable bonds is 7. The second kappa shape index (κ2) is 7.33. The molecule has 6 heteroatoms. The first kappa shape index (κ1) is 14.9. The van der Waals surface area contributed by atoms with Gasteiger partial charge in [-0.15, -0.1) is 0 Å². The number of hydrogen-bond donors (Lipinski definition) is 2. The highest BCUT2D eigenvalue weighted by atomic mass is 16.5. The molecule has 0 unspecified atom stereocenters. The van der Waals surface area contributed by atoms with Crippen LogP contribution in [0.1, 0.15) is 13.3 Å². The Morgan fingerprint density at radius 2 is 1.81 bits per heavy atom. The van der Waals surface area contributed by atoms with Crippen LogP contribution in [-0.2, 0) is 0 Å². The molecule has 0 aliphatic carbocycles. The van der Waals surface area contributed by atoms with Crippen molar-refractivity contribution in [1.82, 2.24) is 9.97 Å². The minimum atomic E-state index is 0.580. The average Bonchev–Trinajstić information content (AvgIpc) is 2.53. The van der Waals surface area contributed by atoms with Crippen molar-refractivity contribution in [3.63, 3.8) is 0 Å². The molecule has 0 fully saturated rings. The van der Waals surface area contributed by atoms with Crippen LogP contribution in [0.3, 0.4) is 0 Å². The summed E-state index contributed by atoms with van der Waals surface area (Å²) in [6.45, 7) is 2.91. The number of methoxy groups -OCH3 is 2. The monoisotopic (exact) mass is 288 g/mol. The van der Waals surface area contributed by atoms with Crippen molar-refractivity contribution in [2.24, 2.45) is 0 Å². The first-order valence-corrected chi connectivity index (χ1v) is 6.83. The van der Waals surface area contributed by atoms with E-state index in [2.05, 4.69) is 27.5 Å². The largest absolute Gasteiger partial charge is 0.495 e. The fourth-order valence-corrected chi connectivity index (χ4v) is 1.90. The van der Waals surface area contributed by atoms with Crippen molar-refractivity contribution < 1.29 is 9.47 Å². The lowest BCUT2D eigenvalue weighted by Gasteiger charge is -2.15. The first-order chi connectivity index (χ1) is 10.3. The molecule has 21 heavy (non-hydrogen) atoms. The van der Waals surface area contributed by atoms with E-state index in [1.165, 1.54) is 6.33 Å². The fraction of sp³-hybridized carbons (Fsp3) is 0.333. The first-order valence-electron chi connectivity index (χ1n) is 6.83. The maximum Gasteiger partial charge on any atom is 0.204 e. The van der Waals surface area contributed by atoms with Crippen molar-refractivity contribution in [2.45, 2.75) is 13.3 Å². The molecule has 6 nitrogen and oxygen atoms in total. The van der Waals surface area contributed by atoms with Gasteiger partial charge in [0.05, 0.1) is 19.9 Å². The normalized spacial score (nSPS) is 10.0. The topological polar surface area (TPSA) is 68.3 Å². The van der Waals surface area contributed by atoms with Gasteiger partial charge in [-0.3, -0.25) is 0 Å². The van der Waals surface area contributed by atoms with Crippen molar-refractivity contribution in [3.05, 3.63) is 30.6 Å². The van der Waals surface area contributed by atoms with Crippen LogP contribution in [0.25, 0.3) is 0 Å². The minimum absolute atomic E-state index is 0.580. The van der Waals surface area contributed by atoms with E-state index in [0.717, 1.165) is 24.4 Å². The van der Waals surface area contributed by atoms with E-state index in [0.29, 0.717) is 17.4 Å². The molecule has 2 N–H and O–H groups in total. The number of para-hydroxylation sites is 2. The number of anilines is 3. The Bertz CT molecular complexity index is 590. The molecule has 0 saturated carbocycles. The fourth-order valence-electron chi connectivity index (χ4n) is 1.90. The van der Waals surface area contributed by atoms with Gasteiger partial charge in [-0.25, -0.2) is 9.97 Å². The van der Waals surface area contributed by atoms with Gasteiger partial charge >= 0.3 is 0 Å². The lowest BCUT2D eigenvalue weighted by Crippen LogP contribution is -2.07. The molecule has 0 aliphatic rings. The summed E-state index contributed by atoms with van der Waals surface area (Å²) in [6, 6.07) is 7.63. The predicted molar refractivity (Wildman–Crippen MR) is 83.6 cm³/mol. The molecule has 1 aromatic heterocycles. The third-order valence-electron chi connectivity index (χ3n) is 2.91. The second-order valence-corrected chi connectivity index (χ2v) is 4.36. The van der Waals surface area contributed by atoms with Crippen LogP contribution in [0.15, 0.2) is 30.6 Å². The standard InChI is InChI=1S/C15H20N4O2/c1-4-9-16-14-13(21-3)15(18-10-17-14)19-11-7-5-6-8-12(11)20-2/h5-8,10H,4,9H2,1-3H3,(H2,16,17,18,19). The summed E-state index contributed by atoms with van der Waals surface area (Å²) in [6.07, 6.45) is 2.50. The second-order valence-electron chi connectivity index (χ2n) is 4.36. The molecule has 1 aromatic carbocycles. The molecule has 2 aromatic rings. The van der Waals surface area contributed by atoms with Crippen molar-refractivity contribution in [3.8, 4) is 11.5 Å². The Morgan fingerprint density at radius 1 is 1.05 bits per heavy atom. The van der Waals surface area contributed by atoms with E-state index in [4.69, 9.17) is 9.47 Å². The number of benzene rings is 1. The predicted octanol–water partition coefficient (Wildman–Crippen LogP) is 3.06. The van der Waals surface area contributed by atoms with Crippen LogP contribution in [-0.4, -0.2) is 30.7 Å². The summed E-state index contributed by atoms with van der Waals surface area (Å²) in [5.41, 5.74) is 0.818. The molecule has 0 radical (unpaired) electrons. The van der Waals surface area contributed by atoms with E-state index >= 15 is 0 Å². The zero-order chi connectivity index (χ0) is 15.1. The van der Waals surface area contributed by atoms with Crippen LogP contribution in [0.5, 0.6) is 11.5 Å². The Labute approximate surface area is 124 Å². The number of hydrogen-bond acceptors (Lipinski definition) is 6. The lowest BCUT2D eigenvalue weighted by molar-refractivity contribution is 0.413. The number of nitrogens with one attached hydrogen (secondary N) is 2. The summed E-state index contributed by atoms with van der Waals surface area (Å²) >= 11 is 0. The van der Waals surface area contributed by atoms with Gasteiger partial charge in [0.1, 0.15) is 12.1 Å². The molecule has 0 atom stereocenters. The summed E-state index contributed by atoms with van der Waals surface area (Å²) in [4.78, 5) is 8.46. The quantitative estimate of drug-likeness (QED) is 0.816. The Kier molecular flexibility index (Phi) is 5.20. The van der Waals surface area contributed by atoms with Crippen LogP contribution in [0.4, 0.5) is 17.3 Å². The SMILES string of the molecule is CCCNc1ncnc(Nc2ccccc2OC)c1OC. The Balaban J connectivity index is 2.31. The van der Waals surface area contributed by atoms with E-state index in [9.17, 15) is 0 Å². The van der Waals surface area contributed by atoms with E-state index in [1.807, 2.05) is 24.3 Å². The summed E-state index contributed by atoms with van der Waals surface area (Å²) in [7, 11) is 3.23. The van der Waals surface area contributed by atoms with Gasteiger partial charge in [0, 0.05) is 6.54 Å². The highest BCUT2D eigenvalue weighted by molar-refractivity contribution is 5.72. The molecule has 112 valence electrons. The van der Waals surface area contributed by atoms with Gasteiger partial charge in [-0.1, -0.05) is 19.1 Å². The molecule has 0 aliphatic heterocycles. The third kappa shape index (κ3) is 3.53. The number of aromatic nitrogens is 2. The van der Waals surface area contributed by atoms with Crippen molar-refractivity contribution in [2.75, 3.05) is 31.4 Å². The summed E-state index contributed by atoms with van der Waals surface area (Å²) < 4.78 is 10.8.